The molecule has 0 bridgehead atoms. The molecule has 0 saturated carbocycles. The fourth-order valence-corrected chi connectivity index (χ4v) is 1.72. The van der Waals surface area contributed by atoms with Crippen molar-refractivity contribution >= 4 is 11.4 Å². The third-order valence-corrected chi connectivity index (χ3v) is 2.49. The largest absolute Gasteiger partial charge is 0.492 e. The fourth-order valence-electron chi connectivity index (χ4n) is 1.72. The van der Waals surface area contributed by atoms with E-state index in [1.54, 1.807) is 0 Å². The van der Waals surface area contributed by atoms with Crippen molar-refractivity contribution in [3.8, 4) is 5.75 Å². The second kappa shape index (κ2) is 6.26. The minimum Gasteiger partial charge on any atom is -0.492 e. The Morgan fingerprint density at radius 3 is 2.75 bits per heavy atom. The van der Waals surface area contributed by atoms with E-state index >= 15 is 0 Å². The SMILES string of the molecule is CCCC(C)Nc1cccc(OCC)c1N. The Bertz CT molecular complexity index is 326. The smallest absolute Gasteiger partial charge is 0.144 e. The quantitative estimate of drug-likeness (QED) is 0.726. The molecule has 1 unspecified atom stereocenters. The summed E-state index contributed by atoms with van der Waals surface area (Å²) in [4.78, 5) is 0. The van der Waals surface area contributed by atoms with Crippen LogP contribution in [-0.2, 0) is 0 Å². The van der Waals surface area contributed by atoms with Gasteiger partial charge < -0.3 is 15.8 Å². The highest BCUT2D eigenvalue weighted by atomic mass is 16.5. The second-order valence-electron chi connectivity index (χ2n) is 3.98. The van der Waals surface area contributed by atoms with E-state index in [-0.39, 0.29) is 0 Å². The van der Waals surface area contributed by atoms with Crippen LogP contribution in [-0.4, -0.2) is 12.6 Å². The average Bonchev–Trinajstić information content (AvgIpc) is 2.24. The Kier molecular flexibility index (Phi) is 4.96. The summed E-state index contributed by atoms with van der Waals surface area (Å²) in [5, 5.41) is 3.40. The third-order valence-electron chi connectivity index (χ3n) is 2.49. The van der Waals surface area contributed by atoms with E-state index < -0.39 is 0 Å². The van der Waals surface area contributed by atoms with Crippen LogP contribution in [0.15, 0.2) is 18.2 Å². The molecular formula is C13H22N2O. The van der Waals surface area contributed by atoms with Crippen LogP contribution < -0.4 is 15.8 Å². The highest BCUT2D eigenvalue weighted by Gasteiger charge is 2.07. The number of hydrogen-bond acceptors (Lipinski definition) is 3. The number of nitrogen functional groups attached to an aromatic ring is 1. The van der Waals surface area contributed by atoms with Crippen LogP contribution >= 0.6 is 0 Å². The normalized spacial score (nSPS) is 12.2. The molecule has 1 aromatic rings. The van der Waals surface area contributed by atoms with E-state index in [0.29, 0.717) is 18.3 Å². The molecule has 0 aromatic heterocycles. The van der Waals surface area contributed by atoms with E-state index in [4.69, 9.17) is 10.5 Å². The number of nitrogens with one attached hydrogen (secondary N) is 1. The van der Waals surface area contributed by atoms with Gasteiger partial charge in [0, 0.05) is 6.04 Å². The number of nitrogens with two attached hydrogens (primary N) is 1. The van der Waals surface area contributed by atoms with Crippen LogP contribution in [0.3, 0.4) is 0 Å². The van der Waals surface area contributed by atoms with E-state index in [1.807, 2.05) is 25.1 Å². The van der Waals surface area contributed by atoms with Gasteiger partial charge in [-0.15, -0.1) is 0 Å². The standard InChI is InChI=1S/C13H22N2O/c1-4-7-10(3)15-11-8-6-9-12(13(11)14)16-5-2/h6,8-10,15H,4-5,7,14H2,1-3H3. The Morgan fingerprint density at radius 1 is 1.38 bits per heavy atom. The van der Waals surface area contributed by atoms with Crippen molar-refractivity contribution < 1.29 is 4.74 Å². The lowest BCUT2D eigenvalue weighted by Gasteiger charge is -2.17. The predicted molar refractivity (Wildman–Crippen MR) is 70.0 cm³/mol. The molecule has 0 radical (unpaired) electrons. The first-order valence-electron chi connectivity index (χ1n) is 5.96. The zero-order valence-corrected chi connectivity index (χ0v) is 10.4. The molecule has 0 aliphatic heterocycles. The van der Waals surface area contributed by atoms with E-state index in [1.165, 1.54) is 6.42 Å². The first kappa shape index (κ1) is 12.7. The molecule has 0 aliphatic rings. The fraction of sp³-hybridized carbons (Fsp3) is 0.538. The van der Waals surface area contributed by atoms with Crippen LogP contribution in [0.1, 0.15) is 33.6 Å². The Hall–Kier alpha value is -1.38. The molecule has 90 valence electrons. The van der Waals surface area contributed by atoms with Crippen LogP contribution in [0.4, 0.5) is 11.4 Å². The van der Waals surface area contributed by atoms with Gasteiger partial charge in [0.05, 0.1) is 18.0 Å². The Balaban J connectivity index is 2.76. The van der Waals surface area contributed by atoms with Crippen LogP contribution in [0.2, 0.25) is 0 Å². The predicted octanol–water partition coefficient (Wildman–Crippen LogP) is 3.27. The summed E-state index contributed by atoms with van der Waals surface area (Å²) in [6.45, 7) is 6.94. The van der Waals surface area contributed by atoms with Gasteiger partial charge in [0.1, 0.15) is 5.75 Å². The second-order valence-corrected chi connectivity index (χ2v) is 3.98. The average molecular weight is 222 g/mol. The summed E-state index contributed by atoms with van der Waals surface area (Å²) in [7, 11) is 0. The molecule has 0 fully saturated rings. The van der Waals surface area contributed by atoms with Crippen LogP contribution in [0, 0.1) is 0 Å². The lowest BCUT2D eigenvalue weighted by atomic mass is 10.1. The van der Waals surface area contributed by atoms with Crippen molar-refractivity contribution in [3.05, 3.63) is 18.2 Å². The van der Waals surface area contributed by atoms with E-state index in [0.717, 1.165) is 17.9 Å². The lowest BCUT2D eigenvalue weighted by Crippen LogP contribution is -2.15. The number of para-hydroxylation sites is 1. The number of hydrogen-bond donors (Lipinski definition) is 2. The molecule has 0 saturated heterocycles. The molecule has 3 nitrogen and oxygen atoms in total. The maximum atomic E-state index is 6.03. The molecule has 1 atom stereocenters. The molecule has 0 amide bonds. The third kappa shape index (κ3) is 3.33. The lowest BCUT2D eigenvalue weighted by molar-refractivity contribution is 0.342. The first-order chi connectivity index (χ1) is 7.69. The summed E-state index contributed by atoms with van der Waals surface area (Å²) in [5.74, 6) is 0.760. The molecule has 3 heteroatoms. The van der Waals surface area contributed by atoms with Gasteiger partial charge in [-0.25, -0.2) is 0 Å². The maximum absolute atomic E-state index is 6.03. The molecule has 1 aromatic carbocycles. The van der Waals surface area contributed by atoms with Gasteiger partial charge in [-0.05, 0) is 32.4 Å². The van der Waals surface area contributed by atoms with Crippen molar-refractivity contribution in [1.29, 1.82) is 0 Å². The zero-order chi connectivity index (χ0) is 12.0. The van der Waals surface area contributed by atoms with Gasteiger partial charge in [-0.3, -0.25) is 0 Å². The summed E-state index contributed by atoms with van der Waals surface area (Å²) in [6.07, 6.45) is 2.30. The van der Waals surface area contributed by atoms with Crippen LogP contribution in [0.25, 0.3) is 0 Å². The molecular weight excluding hydrogens is 200 g/mol. The number of rotatable bonds is 6. The van der Waals surface area contributed by atoms with Gasteiger partial charge in [0.15, 0.2) is 0 Å². The molecule has 0 heterocycles. The van der Waals surface area contributed by atoms with Gasteiger partial charge in [0.2, 0.25) is 0 Å². The van der Waals surface area contributed by atoms with Crippen molar-refractivity contribution in [2.24, 2.45) is 0 Å². The van der Waals surface area contributed by atoms with Gasteiger partial charge in [-0.1, -0.05) is 19.4 Å². The first-order valence-corrected chi connectivity index (χ1v) is 5.96. The molecule has 0 spiro atoms. The molecule has 1 rings (SSSR count). The summed E-state index contributed by atoms with van der Waals surface area (Å²) < 4.78 is 5.45. The van der Waals surface area contributed by atoms with E-state index in [2.05, 4.69) is 19.2 Å². The number of anilines is 2. The van der Waals surface area contributed by atoms with Crippen LogP contribution in [0.5, 0.6) is 5.75 Å². The topological polar surface area (TPSA) is 47.3 Å². The molecule has 16 heavy (non-hydrogen) atoms. The Morgan fingerprint density at radius 2 is 2.12 bits per heavy atom. The summed E-state index contributed by atoms with van der Waals surface area (Å²) >= 11 is 0. The highest BCUT2D eigenvalue weighted by Crippen LogP contribution is 2.30. The minimum atomic E-state index is 0.434. The minimum absolute atomic E-state index is 0.434. The Labute approximate surface area is 98.0 Å². The maximum Gasteiger partial charge on any atom is 0.144 e. The monoisotopic (exact) mass is 222 g/mol. The molecule has 3 N–H and O–H groups in total. The van der Waals surface area contributed by atoms with Gasteiger partial charge >= 0.3 is 0 Å². The van der Waals surface area contributed by atoms with Gasteiger partial charge in [0.25, 0.3) is 0 Å². The number of ether oxygens (including phenoxy) is 1. The number of benzene rings is 1. The van der Waals surface area contributed by atoms with Crippen molar-refractivity contribution in [2.75, 3.05) is 17.7 Å². The van der Waals surface area contributed by atoms with Crippen molar-refractivity contribution in [3.63, 3.8) is 0 Å². The van der Waals surface area contributed by atoms with Crippen molar-refractivity contribution in [2.45, 2.75) is 39.7 Å². The van der Waals surface area contributed by atoms with Crippen molar-refractivity contribution in [1.82, 2.24) is 0 Å². The van der Waals surface area contributed by atoms with E-state index in [9.17, 15) is 0 Å². The zero-order valence-electron chi connectivity index (χ0n) is 10.4. The highest BCUT2D eigenvalue weighted by molar-refractivity contribution is 5.73. The summed E-state index contributed by atoms with van der Waals surface area (Å²) in [6, 6.07) is 6.28. The molecule has 0 aliphatic carbocycles. The van der Waals surface area contributed by atoms with Gasteiger partial charge in [-0.2, -0.15) is 0 Å². The summed E-state index contributed by atoms with van der Waals surface area (Å²) in [5.41, 5.74) is 7.69.